The van der Waals surface area contributed by atoms with E-state index in [1.807, 2.05) is 0 Å². The van der Waals surface area contributed by atoms with Gasteiger partial charge in [0.15, 0.2) is 0 Å². The van der Waals surface area contributed by atoms with E-state index in [1.165, 1.54) is 0 Å². The average molecular weight is 342 g/mol. The average Bonchev–Trinajstić information content (AvgIpc) is 2.13. The SMILES string of the molecule is CS(=O)(=O)CCCC(N)c1c(F)cc(Br)cc1F. The Morgan fingerprint density at radius 3 is 2.28 bits per heavy atom. The Kier molecular flexibility index (Phi) is 5.24. The van der Waals surface area contributed by atoms with Crippen LogP contribution >= 0.6 is 15.9 Å². The summed E-state index contributed by atoms with van der Waals surface area (Å²) >= 11 is 2.97. The number of sulfone groups is 1. The summed E-state index contributed by atoms with van der Waals surface area (Å²) in [5.41, 5.74) is 5.48. The van der Waals surface area contributed by atoms with Gasteiger partial charge >= 0.3 is 0 Å². The van der Waals surface area contributed by atoms with Crippen LogP contribution in [0.3, 0.4) is 0 Å². The number of rotatable bonds is 5. The van der Waals surface area contributed by atoms with Gasteiger partial charge in [-0.05, 0) is 25.0 Å². The minimum absolute atomic E-state index is 0.0412. The molecule has 1 aromatic carbocycles. The Labute approximate surface area is 113 Å². The zero-order valence-corrected chi connectivity index (χ0v) is 12.2. The monoisotopic (exact) mass is 341 g/mol. The third kappa shape index (κ3) is 4.62. The number of halogens is 3. The highest BCUT2D eigenvalue weighted by Gasteiger charge is 2.18. The number of hydrogen-bond acceptors (Lipinski definition) is 3. The van der Waals surface area contributed by atoms with Crippen molar-refractivity contribution >= 4 is 25.8 Å². The summed E-state index contributed by atoms with van der Waals surface area (Å²) in [5.74, 6) is -1.50. The number of nitrogens with two attached hydrogens (primary N) is 1. The molecule has 0 aliphatic rings. The van der Waals surface area contributed by atoms with Gasteiger partial charge in [-0.15, -0.1) is 0 Å². The van der Waals surface area contributed by atoms with Crippen LogP contribution in [0.2, 0.25) is 0 Å². The lowest BCUT2D eigenvalue weighted by atomic mass is 10.0. The summed E-state index contributed by atoms with van der Waals surface area (Å²) in [6.45, 7) is 0. The molecular formula is C11H14BrF2NO2S. The minimum Gasteiger partial charge on any atom is -0.324 e. The van der Waals surface area contributed by atoms with E-state index in [9.17, 15) is 17.2 Å². The Balaban J connectivity index is 2.76. The molecule has 102 valence electrons. The summed E-state index contributed by atoms with van der Waals surface area (Å²) in [7, 11) is -3.08. The third-order valence-electron chi connectivity index (χ3n) is 2.44. The summed E-state index contributed by atoms with van der Waals surface area (Å²) in [5, 5.41) is 0. The molecular weight excluding hydrogens is 328 g/mol. The van der Waals surface area contributed by atoms with Crippen molar-refractivity contribution in [2.45, 2.75) is 18.9 Å². The Bertz CT molecular complexity index is 511. The first-order valence-corrected chi connectivity index (χ1v) is 8.14. The first-order valence-electron chi connectivity index (χ1n) is 5.28. The normalized spacial score (nSPS) is 13.6. The second-order valence-electron chi connectivity index (χ2n) is 4.16. The molecule has 0 aliphatic carbocycles. The van der Waals surface area contributed by atoms with Gasteiger partial charge in [-0.2, -0.15) is 0 Å². The van der Waals surface area contributed by atoms with E-state index in [0.29, 0.717) is 4.47 Å². The lowest BCUT2D eigenvalue weighted by molar-refractivity contribution is 0.508. The summed E-state index contributed by atoms with van der Waals surface area (Å²) in [6.07, 6.45) is 1.59. The highest BCUT2D eigenvalue weighted by molar-refractivity contribution is 9.10. The molecule has 0 spiro atoms. The molecule has 0 aromatic heterocycles. The van der Waals surface area contributed by atoms with Gasteiger partial charge in [0.1, 0.15) is 21.5 Å². The van der Waals surface area contributed by atoms with Crippen molar-refractivity contribution in [3.8, 4) is 0 Å². The molecule has 7 heteroatoms. The summed E-state index contributed by atoms with van der Waals surface area (Å²) in [4.78, 5) is 0. The minimum atomic E-state index is -3.08. The molecule has 3 nitrogen and oxygen atoms in total. The number of hydrogen-bond donors (Lipinski definition) is 1. The largest absolute Gasteiger partial charge is 0.324 e. The predicted molar refractivity (Wildman–Crippen MR) is 69.9 cm³/mol. The van der Waals surface area contributed by atoms with Crippen molar-refractivity contribution in [1.29, 1.82) is 0 Å². The lowest BCUT2D eigenvalue weighted by Crippen LogP contribution is -2.16. The van der Waals surface area contributed by atoms with E-state index in [1.54, 1.807) is 0 Å². The van der Waals surface area contributed by atoms with Crippen molar-refractivity contribution in [3.05, 3.63) is 33.8 Å². The fourth-order valence-corrected chi connectivity index (χ4v) is 2.71. The van der Waals surface area contributed by atoms with E-state index in [0.717, 1.165) is 18.4 Å². The molecule has 1 atom stereocenters. The molecule has 0 heterocycles. The van der Waals surface area contributed by atoms with Crippen molar-refractivity contribution < 1.29 is 17.2 Å². The lowest BCUT2D eigenvalue weighted by Gasteiger charge is -2.14. The molecule has 2 N–H and O–H groups in total. The molecule has 1 aromatic rings. The van der Waals surface area contributed by atoms with Crippen LogP contribution < -0.4 is 5.73 Å². The van der Waals surface area contributed by atoms with Crippen LogP contribution in [0, 0.1) is 11.6 Å². The van der Waals surface area contributed by atoms with Gasteiger partial charge in [-0.1, -0.05) is 15.9 Å². The smallest absolute Gasteiger partial charge is 0.147 e. The van der Waals surface area contributed by atoms with Gasteiger partial charge in [0.25, 0.3) is 0 Å². The highest BCUT2D eigenvalue weighted by Crippen LogP contribution is 2.26. The van der Waals surface area contributed by atoms with Crippen LogP contribution in [0.4, 0.5) is 8.78 Å². The summed E-state index contributed by atoms with van der Waals surface area (Å²) < 4.78 is 49.3. The maximum atomic E-state index is 13.6. The van der Waals surface area contributed by atoms with Gasteiger partial charge in [0, 0.05) is 28.1 Å². The van der Waals surface area contributed by atoms with Crippen LogP contribution in [0.15, 0.2) is 16.6 Å². The van der Waals surface area contributed by atoms with E-state index in [4.69, 9.17) is 5.73 Å². The topological polar surface area (TPSA) is 60.2 Å². The fourth-order valence-electron chi connectivity index (χ4n) is 1.62. The Morgan fingerprint density at radius 1 is 1.33 bits per heavy atom. The van der Waals surface area contributed by atoms with Gasteiger partial charge in [0.05, 0.1) is 0 Å². The van der Waals surface area contributed by atoms with E-state index < -0.39 is 27.5 Å². The van der Waals surface area contributed by atoms with Gasteiger partial charge in [-0.3, -0.25) is 0 Å². The molecule has 18 heavy (non-hydrogen) atoms. The van der Waals surface area contributed by atoms with Crippen LogP contribution in [0.25, 0.3) is 0 Å². The molecule has 0 fully saturated rings. The maximum absolute atomic E-state index is 13.6. The fraction of sp³-hybridized carbons (Fsp3) is 0.455. The number of benzene rings is 1. The van der Waals surface area contributed by atoms with Crippen molar-refractivity contribution in [1.82, 2.24) is 0 Å². The summed E-state index contributed by atoms with van der Waals surface area (Å²) in [6, 6.07) is 1.42. The molecule has 0 amide bonds. The van der Waals surface area contributed by atoms with E-state index in [-0.39, 0.29) is 24.2 Å². The van der Waals surface area contributed by atoms with E-state index in [2.05, 4.69) is 15.9 Å². The molecule has 1 unspecified atom stereocenters. The van der Waals surface area contributed by atoms with Crippen LogP contribution in [-0.4, -0.2) is 20.4 Å². The second kappa shape index (κ2) is 6.08. The van der Waals surface area contributed by atoms with Crippen molar-refractivity contribution in [2.75, 3.05) is 12.0 Å². The zero-order valence-electron chi connectivity index (χ0n) is 9.79. The zero-order chi connectivity index (χ0) is 13.9. The van der Waals surface area contributed by atoms with Crippen molar-refractivity contribution in [3.63, 3.8) is 0 Å². The maximum Gasteiger partial charge on any atom is 0.147 e. The second-order valence-corrected chi connectivity index (χ2v) is 7.34. The van der Waals surface area contributed by atoms with Crippen LogP contribution in [-0.2, 0) is 9.84 Å². The van der Waals surface area contributed by atoms with Gasteiger partial charge < -0.3 is 5.73 Å². The molecule has 0 bridgehead atoms. The van der Waals surface area contributed by atoms with Crippen LogP contribution in [0.1, 0.15) is 24.4 Å². The molecule has 0 radical (unpaired) electrons. The van der Waals surface area contributed by atoms with Crippen LogP contribution in [0.5, 0.6) is 0 Å². The van der Waals surface area contributed by atoms with E-state index >= 15 is 0 Å². The first kappa shape index (κ1) is 15.5. The van der Waals surface area contributed by atoms with Gasteiger partial charge in [0.2, 0.25) is 0 Å². The molecule has 0 saturated carbocycles. The Morgan fingerprint density at radius 2 is 1.83 bits per heavy atom. The molecule has 0 aliphatic heterocycles. The van der Waals surface area contributed by atoms with Gasteiger partial charge in [-0.25, -0.2) is 17.2 Å². The Hall–Kier alpha value is -0.530. The first-order chi connectivity index (χ1) is 8.20. The predicted octanol–water partition coefficient (Wildman–Crippen LogP) is 2.55. The highest BCUT2D eigenvalue weighted by atomic mass is 79.9. The van der Waals surface area contributed by atoms with Crippen molar-refractivity contribution in [2.24, 2.45) is 5.73 Å². The molecule has 0 saturated heterocycles. The quantitative estimate of drug-likeness (QED) is 0.895. The standard InChI is InChI=1S/C11H14BrF2NO2S/c1-18(16,17)4-2-3-10(15)11-8(13)5-7(12)6-9(11)14/h5-6,10H,2-4,15H2,1H3. The third-order valence-corrected chi connectivity index (χ3v) is 3.93. The molecule has 1 rings (SSSR count).